The SMILES string of the molecule is Brc1n[nH]c(Br)c1Br. The van der Waals surface area contributed by atoms with E-state index in [1.165, 1.54) is 0 Å². The molecule has 0 aromatic carbocycles. The molecule has 44 valence electrons. The fourth-order valence-electron chi connectivity index (χ4n) is 0.287. The molecule has 0 saturated heterocycles. The van der Waals surface area contributed by atoms with Gasteiger partial charge in [0.2, 0.25) is 0 Å². The Hall–Kier alpha value is 0.650. The van der Waals surface area contributed by atoms with Crippen molar-refractivity contribution in [2.75, 3.05) is 0 Å². The molecule has 0 bridgehead atoms. The van der Waals surface area contributed by atoms with Crippen molar-refractivity contribution in [1.29, 1.82) is 0 Å². The van der Waals surface area contributed by atoms with Gasteiger partial charge in [0.1, 0.15) is 9.21 Å². The monoisotopic (exact) mass is 302 g/mol. The van der Waals surface area contributed by atoms with E-state index >= 15 is 0 Å². The van der Waals surface area contributed by atoms with Crippen LogP contribution in [-0.4, -0.2) is 10.2 Å². The van der Waals surface area contributed by atoms with Gasteiger partial charge in [-0.25, -0.2) is 0 Å². The average molecular weight is 305 g/mol. The van der Waals surface area contributed by atoms with Crippen LogP contribution in [0.2, 0.25) is 0 Å². The zero-order valence-electron chi connectivity index (χ0n) is 3.58. The predicted molar refractivity (Wildman–Crippen MR) is 41.7 cm³/mol. The smallest absolute Gasteiger partial charge is 0.143 e. The van der Waals surface area contributed by atoms with Crippen LogP contribution in [0.4, 0.5) is 0 Å². The quantitative estimate of drug-likeness (QED) is 0.784. The Morgan fingerprint density at radius 2 is 1.88 bits per heavy atom. The molecule has 0 atom stereocenters. The predicted octanol–water partition coefficient (Wildman–Crippen LogP) is 2.70. The number of nitrogens with one attached hydrogen (secondary N) is 1. The highest BCUT2D eigenvalue weighted by Crippen LogP contribution is 2.27. The zero-order chi connectivity index (χ0) is 6.15. The molecule has 2 nitrogen and oxygen atoms in total. The highest BCUT2D eigenvalue weighted by atomic mass is 79.9. The van der Waals surface area contributed by atoms with Gasteiger partial charge < -0.3 is 0 Å². The van der Waals surface area contributed by atoms with Crippen LogP contribution in [-0.2, 0) is 0 Å². The van der Waals surface area contributed by atoms with Crippen molar-refractivity contribution in [2.24, 2.45) is 0 Å². The molecule has 1 rings (SSSR count). The van der Waals surface area contributed by atoms with E-state index in [0.29, 0.717) is 0 Å². The molecule has 0 spiro atoms. The van der Waals surface area contributed by atoms with E-state index in [1.807, 2.05) is 0 Å². The number of halogens is 3. The van der Waals surface area contributed by atoms with Gasteiger partial charge in [0, 0.05) is 0 Å². The summed E-state index contributed by atoms with van der Waals surface area (Å²) in [6, 6.07) is 0. The minimum atomic E-state index is 0.782. The van der Waals surface area contributed by atoms with Crippen LogP contribution in [0.5, 0.6) is 0 Å². The van der Waals surface area contributed by atoms with Crippen LogP contribution in [0.3, 0.4) is 0 Å². The van der Waals surface area contributed by atoms with Gasteiger partial charge in [-0.3, -0.25) is 5.10 Å². The maximum atomic E-state index is 3.81. The molecule has 0 amide bonds. The number of aromatic amines is 1. The van der Waals surface area contributed by atoms with Crippen LogP contribution in [0.1, 0.15) is 0 Å². The molecule has 1 aromatic heterocycles. The molecule has 1 aromatic rings. The summed E-state index contributed by atoms with van der Waals surface area (Å²) in [6.45, 7) is 0. The number of hydrogen-bond donors (Lipinski definition) is 1. The van der Waals surface area contributed by atoms with Crippen molar-refractivity contribution in [3.05, 3.63) is 13.7 Å². The number of nitrogens with zero attached hydrogens (tertiary/aromatic N) is 1. The van der Waals surface area contributed by atoms with E-state index in [4.69, 9.17) is 0 Å². The Morgan fingerprint density at radius 1 is 1.25 bits per heavy atom. The van der Waals surface area contributed by atoms with Gasteiger partial charge in [0.15, 0.2) is 0 Å². The zero-order valence-corrected chi connectivity index (χ0v) is 8.34. The Bertz CT molecular complexity index is 175. The van der Waals surface area contributed by atoms with Gasteiger partial charge in [-0.2, -0.15) is 5.10 Å². The summed E-state index contributed by atoms with van der Waals surface area (Å²) in [7, 11) is 0. The minimum Gasteiger partial charge on any atom is -0.269 e. The van der Waals surface area contributed by atoms with Crippen LogP contribution < -0.4 is 0 Å². The Morgan fingerprint density at radius 3 is 2.00 bits per heavy atom. The first-order valence-corrected chi connectivity index (χ1v) is 4.14. The fraction of sp³-hybridized carbons (Fsp3) is 0. The first-order valence-electron chi connectivity index (χ1n) is 1.76. The maximum absolute atomic E-state index is 3.81. The lowest BCUT2D eigenvalue weighted by molar-refractivity contribution is 1.05. The molecule has 0 aliphatic rings. The molecule has 0 fully saturated rings. The summed E-state index contributed by atoms with van der Waals surface area (Å²) >= 11 is 9.68. The summed E-state index contributed by atoms with van der Waals surface area (Å²) < 4.78 is 2.55. The van der Waals surface area contributed by atoms with Crippen LogP contribution in [0.25, 0.3) is 0 Å². The molecule has 0 aliphatic carbocycles. The Balaban J connectivity index is 3.19. The standard InChI is InChI=1S/C3HBr3N2/c4-1-2(5)7-8-3(1)6/h(H,7,8). The number of H-pyrrole nitrogens is 1. The van der Waals surface area contributed by atoms with E-state index in [-0.39, 0.29) is 0 Å². The summed E-state index contributed by atoms with van der Waals surface area (Å²) in [4.78, 5) is 0. The average Bonchev–Trinajstić information content (AvgIpc) is 1.98. The Labute approximate surface area is 71.4 Å². The first-order chi connectivity index (χ1) is 3.72. The van der Waals surface area contributed by atoms with E-state index in [2.05, 4.69) is 58.0 Å². The molecule has 0 saturated carbocycles. The lowest BCUT2D eigenvalue weighted by Crippen LogP contribution is -1.61. The molecule has 5 heteroatoms. The highest BCUT2D eigenvalue weighted by molar-refractivity contribution is 9.14. The third-order valence-electron chi connectivity index (χ3n) is 0.626. The molecular weight excluding hydrogens is 304 g/mol. The van der Waals surface area contributed by atoms with Gasteiger partial charge in [-0.1, -0.05) is 0 Å². The molecular formula is C3HBr3N2. The normalized spacial score (nSPS) is 9.88. The van der Waals surface area contributed by atoms with Crippen molar-refractivity contribution in [3.63, 3.8) is 0 Å². The number of hydrogen-bond acceptors (Lipinski definition) is 1. The molecule has 8 heavy (non-hydrogen) atoms. The van der Waals surface area contributed by atoms with Crippen molar-refractivity contribution >= 4 is 47.8 Å². The fourth-order valence-corrected chi connectivity index (χ4v) is 1.29. The number of aromatic nitrogens is 2. The number of rotatable bonds is 0. The van der Waals surface area contributed by atoms with Crippen molar-refractivity contribution in [3.8, 4) is 0 Å². The van der Waals surface area contributed by atoms with Crippen LogP contribution in [0, 0.1) is 0 Å². The minimum absolute atomic E-state index is 0.782. The first kappa shape index (κ1) is 6.77. The highest BCUT2D eigenvalue weighted by Gasteiger charge is 2.02. The lowest BCUT2D eigenvalue weighted by Gasteiger charge is -1.77. The summed E-state index contributed by atoms with van der Waals surface area (Å²) in [5.41, 5.74) is 0. The molecule has 1 heterocycles. The van der Waals surface area contributed by atoms with E-state index in [0.717, 1.165) is 13.7 Å². The third kappa shape index (κ3) is 1.14. The second-order valence-corrected chi connectivity index (χ2v) is 3.48. The van der Waals surface area contributed by atoms with E-state index in [1.54, 1.807) is 0 Å². The second kappa shape index (κ2) is 2.49. The maximum Gasteiger partial charge on any atom is 0.143 e. The van der Waals surface area contributed by atoms with E-state index in [9.17, 15) is 0 Å². The van der Waals surface area contributed by atoms with Crippen molar-refractivity contribution < 1.29 is 0 Å². The molecule has 0 aliphatic heterocycles. The van der Waals surface area contributed by atoms with Gasteiger partial charge in [0.05, 0.1) is 4.47 Å². The Kier molecular flexibility index (Phi) is 2.11. The van der Waals surface area contributed by atoms with Gasteiger partial charge in [0.25, 0.3) is 0 Å². The summed E-state index contributed by atoms with van der Waals surface area (Å²) in [5.74, 6) is 0. The second-order valence-electron chi connectivity index (χ2n) is 1.14. The van der Waals surface area contributed by atoms with Gasteiger partial charge in [-0.15, -0.1) is 0 Å². The largest absolute Gasteiger partial charge is 0.269 e. The summed E-state index contributed by atoms with van der Waals surface area (Å²) in [5, 5.41) is 6.52. The van der Waals surface area contributed by atoms with Gasteiger partial charge >= 0.3 is 0 Å². The molecule has 1 N–H and O–H groups in total. The third-order valence-corrected chi connectivity index (χ3v) is 3.61. The van der Waals surface area contributed by atoms with Crippen molar-refractivity contribution in [2.45, 2.75) is 0 Å². The van der Waals surface area contributed by atoms with Gasteiger partial charge in [-0.05, 0) is 47.8 Å². The topological polar surface area (TPSA) is 28.7 Å². The van der Waals surface area contributed by atoms with E-state index < -0.39 is 0 Å². The molecule has 0 radical (unpaired) electrons. The van der Waals surface area contributed by atoms with Crippen LogP contribution in [0.15, 0.2) is 13.7 Å². The summed E-state index contributed by atoms with van der Waals surface area (Å²) in [6.07, 6.45) is 0. The lowest BCUT2D eigenvalue weighted by atomic mass is 10.8. The van der Waals surface area contributed by atoms with Crippen molar-refractivity contribution in [1.82, 2.24) is 10.2 Å². The molecule has 0 unspecified atom stereocenters. The van der Waals surface area contributed by atoms with Crippen LogP contribution >= 0.6 is 47.8 Å².